The molecule has 0 unspecified atom stereocenters. The van der Waals surface area contributed by atoms with E-state index in [0.29, 0.717) is 11.5 Å². The quantitative estimate of drug-likeness (QED) is 0.348. The summed E-state index contributed by atoms with van der Waals surface area (Å²) in [6.07, 6.45) is 3.94. The van der Waals surface area contributed by atoms with Crippen LogP contribution >= 0.6 is 0 Å². The summed E-state index contributed by atoms with van der Waals surface area (Å²) < 4.78 is 0. The van der Waals surface area contributed by atoms with Crippen LogP contribution in [0.25, 0.3) is 0 Å². The Bertz CT molecular complexity index is 778. The second-order valence-corrected chi connectivity index (χ2v) is 5.87. The van der Waals surface area contributed by atoms with Gasteiger partial charge in [-0.05, 0) is 19.1 Å². The second-order valence-electron chi connectivity index (χ2n) is 5.87. The molecule has 0 aliphatic carbocycles. The van der Waals surface area contributed by atoms with Gasteiger partial charge in [-0.2, -0.15) is 0 Å². The molecule has 2 heterocycles. The molecule has 0 fully saturated rings. The Labute approximate surface area is 151 Å². The van der Waals surface area contributed by atoms with Crippen molar-refractivity contribution in [3.8, 4) is 0 Å². The van der Waals surface area contributed by atoms with Crippen molar-refractivity contribution >= 4 is 35.3 Å². The molecular weight excluding hydrogens is 336 g/mol. The molecule has 0 aliphatic rings. The van der Waals surface area contributed by atoms with E-state index in [1.54, 1.807) is 19.2 Å². The Morgan fingerprint density at radius 1 is 1.27 bits per heavy atom. The summed E-state index contributed by atoms with van der Waals surface area (Å²) in [5.41, 5.74) is 5.95. The first-order valence-corrected chi connectivity index (χ1v) is 7.88. The number of pyridine rings is 1. The van der Waals surface area contributed by atoms with E-state index in [-0.39, 0.29) is 24.0 Å². The van der Waals surface area contributed by atoms with Crippen molar-refractivity contribution in [3.05, 3.63) is 30.2 Å². The van der Waals surface area contributed by atoms with Crippen LogP contribution in [0.15, 0.2) is 24.5 Å². The van der Waals surface area contributed by atoms with E-state index in [0.717, 1.165) is 12.1 Å². The summed E-state index contributed by atoms with van der Waals surface area (Å²) in [5, 5.41) is 4.29. The first kappa shape index (κ1) is 19.1. The Balaban J connectivity index is 2.33. The number of hydrazine groups is 1. The molecule has 2 aromatic rings. The van der Waals surface area contributed by atoms with Crippen LogP contribution in [0, 0.1) is 0 Å². The minimum atomic E-state index is -0.728. The second kappa shape index (κ2) is 8.21. The lowest BCUT2D eigenvalue weighted by Gasteiger charge is -2.24. The van der Waals surface area contributed by atoms with Crippen molar-refractivity contribution in [1.29, 1.82) is 0 Å². The molecule has 138 valence electrons. The number of primary amides is 1. The predicted molar refractivity (Wildman–Crippen MR) is 99.2 cm³/mol. The fourth-order valence-corrected chi connectivity index (χ4v) is 2.11. The number of hydrogen-bond acceptors (Lipinski definition) is 9. The molecular formula is C16H22N8O2. The van der Waals surface area contributed by atoms with E-state index < -0.39 is 5.91 Å². The molecule has 2 aromatic heterocycles. The summed E-state index contributed by atoms with van der Waals surface area (Å²) in [6, 6.07) is 3.32. The summed E-state index contributed by atoms with van der Waals surface area (Å²) >= 11 is 0. The van der Waals surface area contributed by atoms with Gasteiger partial charge in [-0.3, -0.25) is 9.80 Å². The van der Waals surface area contributed by atoms with Gasteiger partial charge in [0.15, 0.2) is 17.3 Å². The summed E-state index contributed by atoms with van der Waals surface area (Å²) in [5.74, 6) is 6.48. The van der Waals surface area contributed by atoms with Crippen LogP contribution in [0.1, 0.15) is 23.8 Å². The number of nitrogens with two attached hydrogens (primary N) is 2. The fraction of sp³-hybridized carbons (Fsp3) is 0.312. The first-order chi connectivity index (χ1) is 12.3. The van der Waals surface area contributed by atoms with Crippen molar-refractivity contribution in [1.82, 2.24) is 15.0 Å². The highest BCUT2D eigenvalue weighted by Crippen LogP contribution is 2.21. The van der Waals surface area contributed by atoms with Gasteiger partial charge in [-0.15, -0.1) is 0 Å². The van der Waals surface area contributed by atoms with E-state index in [1.165, 1.54) is 11.2 Å². The van der Waals surface area contributed by atoms with Crippen LogP contribution < -0.4 is 26.8 Å². The highest BCUT2D eigenvalue weighted by Gasteiger charge is 2.18. The highest BCUT2D eigenvalue weighted by molar-refractivity contribution is 5.96. The van der Waals surface area contributed by atoms with Crippen LogP contribution in [0.3, 0.4) is 0 Å². The minimum absolute atomic E-state index is 0.0260. The monoisotopic (exact) mass is 358 g/mol. The number of aromatic nitrogens is 3. The molecule has 1 amide bonds. The maximum absolute atomic E-state index is 11.6. The Morgan fingerprint density at radius 2 is 2.00 bits per heavy atom. The van der Waals surface area contributed by atoms with Crippen LogP contribution in [-0.4, -0.2) is 47.3 Å². The molecule has 2 rings (SSSR count). The molecule has 1 atom stereocenters. The Morgan fingerprint density at radius 3 is 2.54 bits per heavy atom. The van der Waals surface area contributed by atoms with Gasteiger partial charge in [0, 0.05) is 20.5 Å². The van der Waals surface area contributed by atoms with E-state index in [2.05, 4.69) is 20.3 Å². The van der Waals surface area contributed by atoms with Crippen molar-refractivity contribution in [3.63, 3.8) is 0 Å². The number of aldehydes is 1. The molecule has 5 N–H and O–H groups in total. The Hall–Kier alpha value is -3.27. The lowest BCUT2D eigenvalue weighted by Crippen LogP contribution is -2.40. The third-order valence-corrected chi connectivity index (χ3v) is 3.64. The normalized spacial score (nSPS) is 11.5. The number of nitrogens with one attached hydrogen (secondary N) is 1. The summed E-state index contributed by atoms with van der Waals surface area (Å²) in [6.45, 7) is 1.77. The molecule has 0 bridgehead atoms. The average molecular weight is 358 g/mol. The molecule has 10 heteroatoms. The van der Waals surface area contributed by atoms with Crippen LogP contribution in [0.4, 0.5) is 23.1 Å². The van der Waals surface area contributed by atoms with Crippen molar-refractivity contribution in [2.45, 2.75) is 19.4 Å². The van der Waals surface area contributed by atoms with Crippen molar-refractivity contribution in [2.24, 2.45) is 11.6 Å². The molecule has 0 radical (unpaired) electrons. The summed E-state index contributed by atoms with van der Waals surface area (Å²) in [4.78, 5) is 36.8. The van der Waals surface area contributed by atoms with E-state index in [4.69, 9.17) is 11.6 Å². The molecule has 0 spiro atoms. The van der Waals surface area contributed by atoms with Gasteiger partial charge in [-0.1, -0.05) is 0 Å². The number of hydrogen-bond donors (Lipinski definition) is 3. The van der Waals surface area contributed by atoms with Gasteiger partial charge >= 0.3 is 0 Å². The van der Waals surface area contributed by atoms with Gasteiger partial charge in [0.2, 0.25) is 0 Å². The van der Waals surface area contributed by atoms with Gasteiger partial charge in [-0.25, -0.2) is 20.8 Å². The lowest BCUT2D eigenvalue weighted by molar-refractivity contribution is -0.108. The Kier molecular flexibility index (Phi) is 6.02. The topological polar surface area (TPSA) is 143 Å². The number of anilines is 4. The van der Waals surface area contributed by atoms with Crippen LogP contribution in [-0.2, 0) is 4.79 Å². The SMILES string of the molecule is C[C@H](CC=O)N(N)c1cnc(C(N)=O)c(Nc2ccc(N(C)C)nc2)n1. The van der Waals surface area contributed by atoms with E-state index in [1.807, 2.05) is 25.1 Å². The van der Waals surface area contributed by atoms with Gasteiger partial charge in [0.05, 0.1) is 24.1 Å². The smallest absolute Gasteiger partial charge is 0.271 e. The number of amides is 1. The van der Waals surface area contributed by atoms with Crippen LogP contribution in [0.2, 0.25) is 0 Å². The molecule has 0 aromatic carbocycles. The number of carbonyl (C=O) groups excluding carboxylic acids is 2. The first-order valence-electron chi connectivity index (χ1n) is 7.88. The van der Waals surface area contributed by atoms with Crippen molar-refractivity contribution in [2.75, 3.05) is 29.3 Å². The zero-order valence-corrected chi connectivity index (χ0v) is 14.9. The maximum Gasteiger partial charge on any atom is 0.271 e. The molecule has 0 saturated heterocycles. The average Bonchev–Trinajstić information content (AvgIpc) is 2.61. The molecule has 0 aliphatic heterocycles. The zero-order chi connectivity index (χ0) is 19.3. The van der Waals surface area contributed by atoms with E-state index in [9.17, 15) is 9.59 Å². The maximum atomic E-state index is 11.6. The number of nitrogens with zero attached hydrogens (tertiary/aromatic N) is 5. The predicted octanol–water partition coefficient (Wildman–Crippen LogP) is 0.438. The standard InChI is InChI=1S/C16H22N8O2/c1-10(6-7-25)24(18)13-9-20-14(15(17)26)16(22-13)21-11-4-5-12(19-8-11)23(2)3/h4-5,7-10H,6,18H2,1-3H3,(H2,17,26)(H,21,22)/t10-/m1/s1. The van der Waals surface area contributed by atoms with Crippen LogP contribution in [0.5, 0.6) is 0 Å². The largest absolute Gasteiger partial charge is 0.364 e. The van der Waals surface area contributed by atoms with Gasteiger partial charge < -0.3 is 20.7 Å². The fourth-order valence-electron chi connectivity index (χ4n) is 2.11. The third-order valence-electron chi connectivity index (χ3n) is 3.64. The van der Waals surface area contributed by atoms with Gasteiger partial charge in [0.1, 0.15) is 12.1 Å². The summed E-state index contributed by atoms with van der Waals surface area (Å²) in [7, 11) is 3.76. The number of carbonyl (C=O) groups is 2. The third kappa shape index (κ3) is 4.42. The molecule has 26 heavy (non-hydrogen) atoms. The van der Waals surface area contributed by atoms with Crippen molar-refractivity contribution < 1.29 is 9.59 Å². The molecule has 0 saturated carbocycles. The lowest BCUT2D eigenvalue weighted by atomic mass is 10.2. The highest BCUT2D eigenvalue weighted by atomic mass is 16.1. The zero-order valence-electron chi connectivity index (χ0n) is 14.9. The minimum Gasteiger partial charge on any atom is -0.364 e. The molecule has 10 nitrogen and oxygen atoms in total. The van der Waals surface area contributed by atoms with Gasteiger partial charge in [0.25, 0.3) is 5.91 Å². The van der Waals surface area contributed by atoms with E-state index >= 15 is 0 Å². The number of rotatable bonds is 8.